The van der Waals surface area contributed by atoms with E-state index in [2.05, 4.69) is 12.1 Å². The monoisotopic (exact) mass is 328 g/mol. The summed E-state index contributed by atoms with van der Waals surface area (Å²) in [5.74, 6) is -0.632. The Morgan fingerprint density at radius 1 is 1.29 bits per heavy atom. The predicted molar refractivity (Wildman–Crippen MR) is 88.9 cm³/mol. The molecule has 0 unspecified atom stereocenters. The van der Waals surface area contributed by atoms with E-state index < -0.39 is 10.8 Å². The molecule has 0 saturated heterocycles. The number of amides is 1. The Labute approximate surface area is 140 Å². The number of aryl methyl sites for hydroxylation is 1. The van der Waals surface area contributed by atoms with Crippen LogP contribution in [-0.4, -0.2) is 28.3 Å². The molecule has 0 fully saturated rings. The van der Waals surface area contributed by atoms with E-state index >= 15 is 0 Å². The number of rotatable bonds is 5. The maximum Gasteiger partial charge on any atom is 0.433 e. The van der Waals surface area contributed by atoms with E-state index in [0.717, 1.165) is 25.7 Å². The summed E-state index contributed by atoms with van der Waals surface area (Å²) < 4.78 is 5.10. The number of hydrogen-bond donors (Lipinski definition) is 0. The summed E-state index contributed by atoms with van der Waals surface area (Å²) in [6.45, 7) is 2.63. The summed E-state index contributed by atoms with van der Waals surface area (Å²) in [5, 5.41) is 10.8. The fraction of sp³-hybridized carbons (Fsp3) is 0.389. The lowest BCUT2D eigenvalue weighted by molar-refractivity contribution is -0.402. The Morgan fingerprint density at radius 2 is 2.04 bits per heavy atom. The molecular weight excluding hydrogens is 308 g/mol. The van der Waals surface area contributed by atoms with Gasteiger partial charge in [0.1, 0.15) is 4.92 Å². The number of carbonyl (C=O) groups excluding carboxylic acids is 1. The van der Waals surface area contributed by atoms with Crippen molar-refractivity contribution in [3.63, 3.8) is 0 Å². The van der Waals surface area contributed by atoms with Crippen LogP contribution in [0.5, 0.6) is 0 Å². The minimum atomic E-state index is -0.627. The van der Waals surface area contributed by atoms with Crippen molar-refractivity contribution in [3.8, 4) is 0 Å². The highest BCUT2D eigenvalue weighted by Gasteiger charge is 2.30. The molecule has 126 valence electrons. The van der Waals surface area contributed by atoms with Crippen LogP contribution in [0.15, 0.2) is 40.8 Å². The predicted octanol–water partition coefficient (Wildman–Crippen LogP) is 3.60. The molecule has 3 rings (SSSR count). The first kappa shape index (κ1) is 16.2. The van der Waals surface area contributed by atoms with Crippen molar-refractivity contribution in [3.05, 3.63) is 63.4 Å². The second kappa shape index (κ2) is 6.86. The van der Waals surface area contributed by atoms with Gasteiger partial charge in [0.15, 0.2) is 5.76 Å². The lowest BCUT2D eigenvalue weighted by Crippen LogP contribution is -2.43. The van der Waals surface area contributed by atoms with Crippen molar-refractivity contribution in [2.24, 2.45) is 0 Å². The lowest BCUT2D eigenvalue weighted by Gasteiger charge is -2.34. The zero-order valence-corrected chi connectivity index (χ0v) is 13.6. The van der Waals surface area contributed by atoms with Gasteiger partial charge in [-0.3, -0.25) is 14.9 Å². The second-order valence-electron chi connectivity index (χ2n) is 6.06. The summed E-state index contributed by atoms with van der Waals surface area (Å²) >= 11 is 0. The normalized spacial score (nSPS) is 16.5. The number of nitro groups is 1. The van der Waals surface area contributed by atoms with Crippen LogP contribution in [0.4, 0.5) is 5.88 Å². The molecule has 0 saturated carbocycles. The number of fused-ring (bicyclic) bond motifs is 1. The standard InChI is InChI=1S/C18H20N2O4/c1-2-11-19(18(21)16-9-10-17(24-16)20(22)23)15-8-7-13-5-3-4-6-14(13)12-15/h3-6,9-10,15H,2,7-8,11-12H2,1H3/t15-/m1/s1. The van der Waals surface area contributed by atoms with Gasteiger partial charge in [0.2, 0.25) is 0 Å². The van der Waals surface area contributed by atoms with E-state index in [-0.39, 0.29) is 17.7 Å². The molecule has 6 nitrogen and oxygen atoms in total. The molecule has 1 amide bonds. The van der Waals surface area contributed by atoms with Gasteiger partial charge < -0.3 is 9.32 Å². The van der Waals surface area contributed by atoms with Crippen LogP contribution < -0.4 is 0 Å². The quantitative estimate of drug-likeness (QED) is 0.621. The van der Waals surface area contributed by atoms with Crippen molar-refractivity contribution >= 4 is 11.8 Å². The van der Waals surface area contributed by atoms with E-state index in [9.17, 15) is 14.9 Å². The zero-order valence-electron chi connectivity index (χ0n) is 13.6. The summed E-state index contributed by atoms with van der Waals surface area (Å²) in [6, 6.07) is 11.0. The van der Waals surface area contributed by atoms with Crippen LogP contribution in [-0.2, 0) is 12.8 Å². The minimum absolute atomic E-state index is 0.0361. The molecule has 24 heavy (non-hydrogen) atoms. The lowest BCUT2D eigenvalue weighted by atomic mass is 9.87. The van der Waals surface area contributed by atoms with Crippen LogP contribution in [0.25, 0.3) is 0 Å². The second-order valence-corrected chi connectivity index (χ2v) is 6.06. The van der Waals surface area contributed by atoms with E-state index in [0.29, 0.717) is 6.54 Å². The molecule has 0 N–H and O–H groups in total. The largest absolute Gasteiger partial charge is 0.433 e. The number of carbonyl (C=O) groups is 1. The van der Waals surface area contributed by atoms with Gasteiger partial charge in [-0.25, -0.2) is 0 Å². The average molecular weight is 328 g/mol. The highest BCUT2D eigenvalue weighted by molar-refractivity contribution is 5.92. The van der Waals surface area contributed by atoms with Gasteiger partial charge in [-0.1, -0.05) is 31.2 Å². The van der Waals surface area contributed by atoms with Gasteiger partial charge in [-0.05, 0) is 42.9 Å². The van der Waals surface area contributed by atoms with Gasteiger partial charge in [-0.2, -0.15) is 0 Å². The maximum absolute atomic E-state index is 12.8. The summed E-state index contributed by atoms with van der Waals surface area (Å²) in [4.78, 5) is 24.7. The van der Waals surface area contributed by atoms with Crippen molar-refractivity contribution in [2.75, 3.05) is 6.54 Å². The van der Waals surface area contributed by atoms with Gasteiger partial charge in [0.05, 0.1) is 6.07 Å². The molecule has 1 aromatic carbocycles. The Balaban J connectivity index is 1.81. The first-order valence-corrected chi connectivity index (χ1v) is 8.22. The molecule has 1 heterocycles. The SMILES string of the molecule is CCCN(C(=O)c1ccc([N+](=O)[O-])o1)[C@@H]1CCc2ccccc2C1. The highest BCUT2D eigenvalue weighted by atomic mass is 16.6. The molecule has 2 aromatic rings. The van der Waals surface area contributed by atoms with Crippen LogP contribution in [0.3, 0.4) is 0 Å². The number of benzene rings is 1. The van der Waals surface area contributed by atoms with Crippen LogP contribution in [0.1, 0.15) is 41.4 Å². The van der Waals surface area contributed by atoms with Crippen LogP contribution in [0.2, 0.25) is 0 Å². The van der Waals surface area contributed by atoms with Gasteiger partial charge >= 0.3 is 5.88 Å². The maximum atomic E-state index is 12.8. The van der Waals surface area contributed by atoms with Crippen molar-refractivity contribution in [1.29, 1.82) is 0 Å². The number of nitrogens with zero attached hydrogens (tertiary/aromatic N) is 2. The molecule has 1 atom stereocenters. The molecular formula is C18H20N2O4. The summed E-state index contributed by atoms with van der Waals surface area (Å²) in [6.07, 6.45) is 3.47. The molecule has 0 aliphatic heterocycles. The topological polar surface area (TPSA) is 76.6 Å². The Bertz CT molecular complexity index is 753. The number of hydrogen-bond acceptors (Lipinski definition) is 4. The third-order valence-electron chi connectivity index (χ3n) is 4.47. The van der Waals surface area contributed by atoms with E-state index in [4.69, 9.17) is 4.42 Å². The molecule has 6 heteroatoms. The summed E-state index contributed by atoms with van der Waals surface area (Å²) in [5.41, 5.74) is 2.61. The zero-order chi connectivity index (χ0) is 17.1. The van der Waals surface area contributed by atoms with Crippen molar-refractivity contribution in [1.82, 2.24) is 4.90 Å². The van der Waals surface area contributed by atoms with E-state index in [1.165, 1.54) is 23.3 Å². The molecule has 0 bridgehead atoms. The third-order valence-corrected chi connectivity index (χ3v) is 4.47. The smallest absolute Gasteiger partial charge is 0.395 e. The minimum Gasteiger partial charge on any atom is -0.395 e. The summed E-state index contributed by atoms with van der Waals surface area (Å²) in [7, 11) is 0. The van der Waals surface area contributed by atoms with Gasteiger partial charge in [0.25, 0.3) is 5.91 Å². The fourth-order valence-corrected chi connectivity index (χ4v) is 3.32. The first-order valence-electron chi connectivity index (χ1n) is 8.22. The number of furan rings is 1. The Kier molecular flexibility index (Phi) is 4.64. The molecule has 0 radical (unpaired) electrons. The van der Waals surface area contributed by atoms with Crippen LogP contribution in [0, 0.1) is 10.1 Å². The first-order chi connectivity index (χ1) is 11.6. The molecule has 1 aliphatic carbocycles. The van der Waals surface area contributed by atoms with Crippen molar-refractivity contribution < 1.29 is 14.1 Å². The molecule has 0 spiro atoms. The Hall–Kier alpha value is -2.63. The van der Waals surface area contributed by atoms with Crippen molar-refractivity contribution in [2.45, 2.75) is 38.6 Å². The van der Waals surface area contributed by atoms with E-state index in [1.54, 1.807) is 4.90 Å². The van der Waals surface area contributed by atoms with Crippen LogP contribution >= 0.6 is 0 Å². The van der Waals surface area contributed by atoms with Gasteiger partial charge in [-0.15, -0.1) is 0 Å². The highest BCUT2D eigenvalue weighted by Crippen LogP contribution is 2.26. The average Bonchev–Trinajstić information content (AvgIpc) is 3.09. The molecule has 1 aromatic heterocycles. The fourth-order valence-electron chi connectivity index (χ4n) is 3.32. The molecule has 1 aliphatic rings. The van der Waals surface area contributed by atoms with E-state index in [1.807, 2.05) is 19.1 Å². The Morgan fingerprint density at radius 3 is 2.71 bits per heavy atom. The third kappa shape index (κ3) is 3.18. The van der Waals surface area contributed by atoms with Gasteiger partial charge in [0, 0.05) is 12.6 Å².